The number of hydrogen-bond acceptors (Lipinski definition) is 3. The van der Waals surface area contributed by atoms with Crippen molar-refractivity contribution in [2.45, 2.75) is 46.1 Å². The Bertz CT molecular complexity index is 758. The van der Waals surface area contributed by atoms with E-state index in [9.17, 15) is 18.0 Å². The Balaban J connectivity index is 0.000000758. The summed E-state index contributed by atoms with van der Waals surface area (Å²) < 4.78 is 37.6. The van der Waals surface area contributed by atoms with Gasteiger partial charge in [0.15, 0.2) is 0 Å². The maximum absolute atomic E-state index is 12.5. The summed E-state index contributed by atoms with van der Waals surface area (Å²) in [6.45, 7) is 5.82. The van der Waals surface area contributed by atoms with Crippen LogP contribution in [0.15, 0.2) is 36.5 Å². The van der Waals surface area contributed by atoms with Crippen LogP contribution in [0.25, 0.3) is 0 Å². The van der Waals surface area contributed by atoms with Crippen LogP contribution in [0.1, 0.15) is 53.0 Å². The first-order valence-corrected chi connectivity index (χ1v) is 8.34. The number of halogens is 3. The molecular weight excluding hydrogens is 345 g/mol. The van der Waals surface area contributed by atoms with Crippen LogP contribution < -0.4 is 0 Å². The number of carboxylic acids is 1. The third-order valence-corrected chi connectivity index (χ3v) is 3.76. The molecule has 26 heavy (non-hydrogen) atoms. The second-order valence-electron chi connectivity index (χ2n) is 6.18. The molecule has 0 fully saturated rings. The first-order valence-electron chi connectivity index (χ1n) is 8.34. The Labute approximate surface area is 150 Å². The number of pyridine rings is 1. The fraction of sp³-hybridized carbons (Fsp3) is 0.368. The number of benzene rings is 1. The molecular formula is C19H21F3N2O2. The monoisotopic (exact) mass is 366 g/mol. The highest BCUT2D eigenvalue weighted by Gasteiger charge is 2.30. The van der Waals surface area contributed by atoms with Gasteiger partial charge in [-0.25, -0.2) is 4.79 Å². The normalized spacial score (nSPS) is 13.7. The Morgan fingerprint density at radius 3 is 2.35 bits per heavy atom. The van der Waals surface area contributed by atoms with Gasteiger partial charge in [-0.2, -0.15) is 13.2 Å². The van der Waals surface area contributed by atoms with Crippen molar-refractivity contribution in [2.24, 2.45) is 0 Å². The average Bonchev–Trinajstić information content (AvgIpc) is 2.96. The fourth-order valence-electron chi connectivity index (χ4n) is 2.61. The second-order valence-corrected chi connectivity index (χ2v) is 6.18. The molecule has 0 atom stereocenters. The van der Waals surface area contributed by atoms with Crippen LogP contribution in [-0.4, -0.2) is 21.0 Å². The van der Waals surface area contributed by atoms with Gasteiger partial charge in [-0.1, -0.05) is 32.4 Å². The maximum atomic E-state index is 12.5. The molecule has 1 aliphatic rings. The predicted molar refractivity (Wildman–Crippen MR) is 91.6 cm³/mol. The Morgan fingerprint density at radius 1 is 1.19 bits per heavy atom. The van der Waals surface area contributed by atoms with E-state index < -0.39 is 17.7 Å². The number of aromatic nitrogens is 1. The third kappa shape index (κ3) is 5.05. The van der Waals surface area contributed by atoms with Gasteiger partial charge < -0.3 is 5.11 Å². The zero-order valence-corrected chi connectivity index (χ0v) is 14.7. The number of hydrogen-bond donors (Lipinski definition) is 1. The molecule has 1 aromatic carbocycles. The molecule has 0 unspecified atom stereocenters. The summed E-state index contributed by atoms with van der Waals surface area (Å²) in [4.78, 5) is 17.1. The minimum Gasteiger partial charge on any atom is -0.478 e. The number of rotatable bonds is 3. The van der Waals surface area contributed by atoms with Gasteiger partial charge in [0, 0.05) is 25.8 Å². The van der Waals surface area contributed by atoms with Crippen LogP contribution in [0.5, 0.6) is 0 Å². The molecule has 0 saturated carbocycles. The molecule has 1 aromatic heterocycles. The smallest absolute Gasteiger partial charge is 0.416 e. The Hall–Kier alpha value is -2.41. The number of nitrogens with zero attached hydrogens (tertiary/aromatic N) is 2. The summed E-state index contributed by atoms with van der Waals surface area (Å²) in [5, 5.41) is 8.96. The van der Waals surface area contributed by atoms with E-state index >= 15 is 0 Å². The van der Waals surface area contributed by atoms with Crippen LogP contribution in [0, 0.1) is 0 Å². The van der Waals surface area contributed by atoms with Crippen LogP contribution >= 0.6 is 0 Å². The van der Waals surface area contributed by atoms with Gasteiger partial charge >= 0.3 is 12.1 Å². The molecule has 2 aromatic rings. The van der Waals surface area contributed by atoms with Gasteiger partial charge in [0.2, 0.25) is 0 Å². The molecule has 2 heterocycles. The summed E-state index contributed by atoms with van der Waals surface area (Å²) in [5.41, 5.74) is 1.89. The SMILES string of the molecule is CCC.O=C(O)c1cnc2c(c1)CN(Cc1ccc(C(F)(F)F)cc1)C2. The van der Waals surface area contributed by atoms with Crippen molar-refractivity contribution in [3.63, 3.8) is 0 Å². The molecule has 0 amide bonds. The minimum absolute atomic E-state index is 0.139. The summed E-state index contributed by atoms with van der Waals surface area (Å²) in [7, 11) is 0. The van der Waals surface area contributed by atoms with Crippen molar-refractivity contribution >= 4 is 5.97 Å². The minimum atomic E-state index is -4.33. The van der Waals surface area contributed by atoms with Crippen LogP contribution in [0.4, 0.5) is 13.2 Å². The van der Waals surface area contributed by atoms with E-state index in [1.807, 2.05) is 4.90 Å². The van der Waals surface area contributed by atoms with E-state index in [-0.39, 0.29) is 5.56 Å². The van der Waals surface area contributed by atoms with Crippen molar-refractivity contribution in [2.75, 3.05) is 0 Å². The lowest BCUT2D eigenvalue weighted by molar-refractivity contribution is -0.137. The van der Waals surface area contributed by atoms with E-state index in [1.165, 1.54) is 24.8 Å². The molecule has 3 rings (SSSR count). The number of alkyl halides is 3. The van der Waals surface area contributed by atoms with Gasteiger partial charge in [0.25, 0.3) is 0 Å². The van der Waals surface area contributed by atoms with E-state index in [4.69, 9.17) is 5.11 Å². The van der Waals surface area contributed by atoms with Gasteiger partial charge in [-0.05, 0) is 29.3 Å². The summed E-state index contributed by atoms with van der Waals surface area (Å²) in [6.07, 6.45) is -1.76. The van der Waals surface area contributed by atoms with Crippen LogP contribution in [0.2, 0.25) is 0 Å². The fourth-order valence-corrected chi connectivity index (χ4v) is 2.61. The van der Waals surface area contributed by atoms with E-state index in [0.29, 0.717) is 19.6 Å². The first-order chi connectivity index (χ1) is 12.2. The molecule has 4 nitrogen and oxygen atoms in total. The van der Waals surface area contributed by atoms with Crippen molar-refractivity contribution < 1.29 is 23.1 Å². The second kappa shape index (κ2) is 8.31. The largest absolute Gasteiger partial charge is 0.478 e. The molecule has 0 aliphatic carbocycles. The highest BCUT2D eigenvalue weighted by Crippen LogP contribution is 2.30. The lowest BCUT2D eigenvalue weighted by atomic mass is 10.1. The van der Waals surface area contributed by atoms with Crippen molar-refractivity contribution in [3.05, 3.63) is 64.5 Å². The van der Waals surface area contributed by atoms with E-state index in [0.717, 1.165) is 29.0 Å². The van der Waals surface area contributed by atoms with Crippen molar-refractivity contribution in [1.82, 2.24) is 9.88 Å². The van der Waals surface area contributed by atoms with E-state index in [1.54, 1.807) is 6.07 Å². The predicted octanol–water partition coefficient (Wildman–Crippen LogP) is 4.73. The number of carboxylic acid groups (broad SMARTS) is 1. The Morgan fingerprint density at radius 2 is 1.81 bits per heavy atom. The molecule has 0 bridgehead atoms. The molecule has 0 radical (unpaired) electrons. The average molecular weight is 366 g/mol. The van der Waals surface area contributed by atoms with Crippen molar-refractivity contribution in [1.29, 1.82) is 0 Å². The topological polar surface area (TPSA) is 53.4 Å². The molecule has 0 spiro atoms. The summed E-state index contributed by atoms with van der Waals surface area (Å²) in [6, 6.07) is 6.65. The van der Waals surface area contributed by atoms with Gasteiger partial charge in [0.05, 0.1) is 16.8 Å². The highest BCUT2D eigenvalue weighted by molar-refractivity contribution is 5.87. The molecule has 140 valence electrons. The first kappa shape index (κ1) is 19.9. The van der Waals surface area contributed by atoms with Gasteiger partial charge in [0.1, 0.15) is 0 Å². The maximum Gasteiger partial charge on any atom is 0.416 e. The van der Waals surface area contributed by atoms with Gasteiger partial charge in [-0.3, -0.25) is 9.88 Å². The Kier molecular flexibility index (Phi) is 6.37. The molecule has 7 heteroatoms. The number of aromatic carboxylic acids is 1. The number of carbonyl (C=O) groups is 1. The standard InChI is InChI=1S/C16H13F3N2O2.C3H8/c17-16(18,19)13-3-1-10(2-4-13)7-21-8-12-5-11(15(22)23)6-20-14(12)9-21;1-3-2/h1-6H,7-9H2,(H,22,23);3H2,1-2H3. The van der Waals surface area contributed by atoms with Gasteiger partial charge in [-0.15, -0.1) is 0 Å². The molecule has 1 aliphatic heterocycles. The lowest BCUT2D eigenvalue weighted by Crippen LogP contribution is -2.16. The van der Waals surface area contributed by atoms with Crippen LogP contribution in [0.3, 0.4) is 0 Å². The molecule has 0 saturated heterocycles. The lowest BCUT2D eigenvalue weighted by Gasteiger charge is -2.15. The third-order valence-electron chi connectivity index (χ3n) is 3.76. The quantitative estimate of drug-likeness (QED) is 0.853. The van der Waals surface area contributed by atoms with Crippen molar-refractivity contribution in [3.8, 4) is 0 Å². The summed E-state index contributed by atoms with van der Waals surface area (Å²) >= 11 is 0. The number of fused-ring (bicyclic) bond motifs is 1. The van der Waals surface area contributed by atoms with Crippen LogP contribution in [-0.2, 0) is 25.8 Å². The zero-order chi connectivity index (χ0) is 19.3. The van der Waals surface area contributed by atoms with E-state index in [2.05, 4.69) is 18.8 Å². The highest BCUT2D eigenvalue weighted by atomic mass is 19.4. The summed E-state index contributed by atoms with van der Waals surface area (Å²) in [5.74, 6) is -1.03. The zero-order valence-electron chi connectivity index (χ0n) is 14.7. The molecule has 1 N–H and O–H groups in total.